The van der Waals surface area contributed by atoms with Crippen LogP contribution in [0.25, 0.3) is 0 Å². The van der Waals surface area contributed by atoms with Crippen molar-refractivity contribution in [3.05, 3.63) is 47.5 Å². The molecule has 0 aliphatic rings. The van der Waals surface area contributed by atoms with E-state index in [1.54, 1.807) is 6.07 Å². The zero-order chi connectivity index (χ0) is 13.0. The average Bonchev–Trinajstić information content (AvgIpc) is 2.28. The Hall–Kier alpha value is -1.87. The standard InChI is InChI=1S/C14H15ClN2O/c1-2-18-14-8-11(16)7-13(9-14)17-12-5-3-4-10(15)6-12/h3-9,17H,2,16H2,1H3. The maximum atomic E-state index is 5.93. The molecule has 0 aromatic heterocycles. The Balaban J connectivity index is 2.23. The molecule has 0 aliphatic heterocycles. The Bertz CT molecular complexity index is 543. The molecule has 2 aromatic rings. The van der Waals surface area contributed by atoms with Crippen LogP contribution < -0.4 is 15.8 Å². The quantitative estimate of drug-likeness (QED) is 0.817. The van der Waals surface area contributed by atoms with Crippen molar-refractivity contribution >= 4 is 28.7 Å². The second kappa shape index (κ2) is 5.65. The first-order valence-corrected chi connectivity index (χ1v) is 6.11. The summed E-state index contributed by atoms with van der Waals surface area (Å²) in [5.74, 6) is 0.752. The molecule has 0 radical (unpaired) electrons. The number of nitrogen functional groups attached to an aromatic ring is 1. The van der Waals surface area contributed by atoms with Crippen LogP contribution in [0.15, 0.2) is 42.5 Å². The number of ether oxygens (including phenoxy) is 1. The van der Waals surface area contributed by atoms with Gasteiger partial charge in [0.15, 0.2) is 0 Å². The van der Waals surface area contributed by atoms with Crippen molar-refractivity contribution in [3.63, 3.8) is 0 Å². The summed E-state index contributed by atoms with van der Waals surface area (Å²) in [6.45, 7) is 2.55. The van der Waals surface area contributed by atoms with E-state index in [2.05, 4.69) is 5.32 Å². The molecule has 4 heteroatoms. The summed E-state index contributed by atoms with van der Waals surface area (Å²) in [6.07, 6.45) is 0. The first-order chi connectivity index (χ1) is 8.67. The van der Waals surface area contributed by atoms with E-state index >= 15 is 0 Å². The zero-order valence-electron chi connectivity index (χ0n) is 10.1. The van der Waals surface area contributed by atoms with E-state index in [0.717, 1.165) is 17.1 Å². The van der Waals surface area contributed by atoms with Gasteiger partial charge in [-0.05, 0) is 31.2 Å². The van der Waals surface area contributed by atoms with Crippen LogP contribution in [0.5, 0.6) is 5.75 Å². The van der Waals surface area contributed by atoms with Gasteiger partial charge >= 0.3 is 0 Å². The van der Waals surface area contributed by atoms with Gasteiger partial charge in [0, 0.05) is 34.2 Å². The number of rotatable bonds is 4. The Morgan fingerprint density at radius 1 is 1.17 bits per heavy atom. The van der Waals surface area contributed by atoms with Crippen molar-refractivity contribution in [1.29, 1.82) is 0 Å². The topological polar surface area (TPSA) is 47.3 Å². The monoisotopic (exact) mass is 262 g/mol. The van der Waals surface area contributed by atoms with Gasteiger partial charge in [0.05, 0.1) is 6.61 Å². The highest BCUT2D eigenvalue weighted by molar-refractivity contribution is 6.30. The van der Waals surface area contributed by atoms with Crippen LogP contribution in [0.2, 0.25) is 5.02 Å². The van der Waals surface area contributed by atoms with E-state index in [0.29, 0.717) is 17.3 Å². The van der Waals surface area contributed by atoms with Gasteiger partial charge < -0.3 is 15.8 Å². The van der Waals surface area contributed by atoms with Gasteiger partial charge in [-0.25, -0.2) is 0 Å². The molecule has 0 amide bonds. The van der Waals surface area contributed by atoms with E-state index in [-0.39, 0.29) is 0 Å². The van der Waals surface area contributed by atoms with Gasteiger partial charge in [-0.2, -0.15) is 0 Å². The zero-order valence-corrected chi connectivity index (χ0v) is 10.9. The summed E-state index contributed by atoms with van der Waals surface area (Å²) < 4.78 is 5.44. The number of nitrogens with one attached hydrogen (secondary N) is 1. The number of halogens is 1. The molecule has 0 saturated carbocycles. The predicted octanol–water partition coefficient (Wildman–Crippen LogP) is 4.06. The molecular weight excluding hydrogens is 248 g/mol. The van der Waals surface area contributed by atoms with Crippen LogP contribution in [0.4, 0.5) is 17.1 Å². The van der Waals surface area contributed by atoms with Crippen molar-refractivity contribution < 1.29 is 4.74 Å². The van der Waals surface area contributed by atoms with E-state index in [1.165, 1.54) is 0 Å². The number of hydrogen-bond acceptors (Lipinski definition) is 3. The van der Waals surface area contributed by atoms with Crippen LogP contribution in [-0.2, 0) is 0 Å². The van der Waals surface area contributed by atoms with Crippen LogP contribution in [-0.4, -0.2) is 6.61 Å². The highest BCUT2D eigenvalue weighted by atomic mass is 35.5. The van der Waals surface area contributed by atoms with E-state index in [4.69, 9.17) is 22.1 Å². The summed E-state index contributed by atoms with van der Waals surface area (Å²) in [7, 11) is 0. The fraction of sp³-hybridized carbons (Fsp3) is 0.143. The summed E-state index contributed by atoms with van der Waals surface area (Å²) in [6, 6.07) is 13.1. The van der Waals surface area contributed by atoms with Crippen molar-refractivity contribution in [2.75, 3.05) is 17.7 Å². The lowest BCUT2D eigenvalue weighted by atomic mass is 10.2. The maximum absolute atomic E-state index is 5.93. The second-order valence-corrected chi connectivity index (χ2v) is 4.30. The van der Waals surface area contributed by atoms with Crippen molar-refractivity contribution in [3.8, 4) is 5.75 Å². The van der Waals surface area contributed by atoms with Gasteiger partial charge in [-0.1, -0.05) is 17.7 Å². The van der Waals surface area contributed by atoms with Gasteiger partial charge in [-0.15, -0.1) is 0 Å². The molecule has 0 unspecified atom stereocenters. The van der Waals surface area contributed by atoms with Crippen LogP contribution in [0.3, 0.4) is 0 Å². The lowest BCUT2D eigenvalue weighted by Crippen LogP contribution is -1.96. The molecule has 18 heavy (non-hydrogen) atoms. The Kier molecular flexibility index (Phi) is 3.95. The molecule has 94 valence electrons. The van der Waals surface area contributed by atoms with E-state index in [1.807, 2.05) is 43.3 Å². The summed E-state index contributed by atoms with van der Waals surface area (Å²) in [5, 5.41) is 3.93. The molecule has 0 saturated heterocycles. The number of hydrogen-bond donors (Lipinski definition) is 2. The molecule has 0 heterocycles. The molecule has 2 aromatic carbocycles. The van der Waals surface area contributed by atoms with Gasteiger partial charge in [-0.3, -0.25) is 0 Å². The second-order valence-electron chi connectivity index (χ2n) is 3.86. The minimum absolute atomic E-state index is 0.611. The van der Waals surface area contributed by atoms with Gasteiger partial charge in [0.1, 0.15) is 5.75 Å². The highest BCUT2D eigenvalue weighted by Gasteiger charge is 2.01. The number of anilines is 3. The third-order valence-electron chi connectivity index (χ3n) is 2.35. The normalized spacial score (nSPS) is 10.1. The van der Waals surface area contributed by atoms with Crippen LogP contribution in [0, 0.1) is 0 Å². The van der Waals surface area contributed by atoms with E-state index in [9.17, 15) is 0 Å². The first kappa shape index (κ1) is 12.6. The van der Waals surface area contributed by atoms with Gasteiger partial charge in [0.2, 0.25) is 0 Å². The summed E-state index contributed by atoms with van der Waals surface area (Å²) in [4.78, 5) is 0. The molecular formula is C14H15ClN2O. The van der Waals surface area contributed by atoms with Crippen molar-refractivity contribution in [2.24, 2.45) is 0 Å². The largest absolute Gasteiger partial charge is 0.494 e. The lowest BCUT2D eigenvalue weighted by molar-refractivity contribution is 0.340. The molecule has 3 N–H and O–H groups in total. The Morgan fingerprint density at radius 3 is 2.72 bits per heavy atom. The molecule has 0 atom stereocenters. The predicted molar refractivity (Wildman–Crippen MR) is 76.8 cm³/mol. The third kappa shape index (κ3) is 3.31. The number of nitrogens with two attached hydrogens (primary N) is 1. The maximum Gasteiger partial charge on any atom is 0.123 e. The molecule has 0 aliphatic carbocycles. The Morgan fingerprint density at radius 2 is 2.00 bits per heavy atom. The molecule has 0 bridgehead atoms. The molecule has 2 rings (SSSR count). The minimum Gasteiger partial charge on any atom is -0.494 e. The fourth-order valence-electron chi connectivity index (χ4n) is 1.68. The van der Waals surface area contributed by atoms with Crippen LogP contribution in [0.1, 0.15) is 6.92 Å². The number of benzene rings is 2. The fourth-order valence-corrected chi connectivity index (χ4v) is 1.87. The smallest absolute Gasteiger partial charge is 0.123 e. The van der Waals surface area contributed by atoms with Crippen molar-refractivity contribution in [1.82, 2.24) is 0 Å². The first-order valence-electron chi connectivity index (χ1n) is 5.73. The molecule has 0 fully saturated rings. The molecule has 3 nitrogen and oxygen atoms in total. The SMILES string of the molecule is CCOc1cc(N)cc(Nc2cccc(Cl)c2)c1. The minimum atomic E-state index is 0.611. The Labute approximate surface area is 112 Å². The molecule has 0 spiro atoms. The van der Waals surface area contributed by atoms with Crippen molar-refractivity contribution in [2.45, 2.75) is 6.92 Å². The summed E-state index contributed by atoms with van der Waals surface area (Å²) in [5.41, 5.74) is 8.27. The van der Waals surface area contributed by atoms with Gasteiger partial charge in [0.25, 0.3) is 0 Å². The lowest BCUT2D eigenvalue weighted by Gasteiger charge is -2.10. The summed E-state index contributed by atoms with van der Waals surface area (Å²) >= 11 is 5.93. The third-order valence-corrected chi connectivity index (χ3v) is 2.59. The highest BCUT2D eigenvalue weighted by Crippen LogP contribution is 2.26. The van der Waals surface area contributed by atoms with E-state index < -0.39 is 0 Å². The van der Waals surface area contributed by atoms with Crippen LogP contribution >= 0.6 is 11.6 Å². The average molecular weight is 263 g/mol.